The lowest BCUT2D eigenvalue weighted by Gasteiger charge is -2.49. The van der Waals surface area contributed by atoms with Crippen LogP contribution in [0.5, 0.6) is 0 Å². The molecule has 2 aliphatic rings. The molecule has 0 spiro atoms. The zero-order valence-corrected chi connectivity index (χ0v) is 23.5. The molecule has 2 aliphatic heterocycles. The molecule has 14 heteroatoms. The summed E-state index contributed by atoms with van der Waals surface area (Å²) in [5.74, 6) is -2.11. The quantitative estimate of drug-likeness (QED) is 0.139. The zero-order valence-electron chi connectivity index (χ0n) is 21.9. The first-order valence-electron chi connectivity index (χ1n) is 12.1. The van der Waals surface area contributed by atoms with Crippen LogP contribution >= 0.6 is 23.1 Å². The number of anilines is 1. The molecule has 1 aromatic carbocycles. The number of nitrogens with one attached hydrogen (secondary N) is 1. The number of β-lactam (4-membered cyclic amide) rings is 1. The smallest absolute Gasteiger partial charge is 0.355 e. The van der Waals surface area contributed by atoms with Crippen molar-refractivity contribution >= 4 is 63.8 Å². The lowest BCUT2D eigenvalue weighted by molar-refractivity contribution is -0.152. The maximum atomic E-state index is 13.2. The van der Waals surface area contributed by atoms with Crippen molar-refractivity contribution in [3.63, 3.8) is 0 Å². The van der Waals surface area contributed by atoms with E-state index in [-0.39, 0.29) is 41.0 Å². The number of benzene rings is 1. The molecular formula is C26H27N5O7S2. The first kappa shape index (κ1) is 28.8. The van der Waals surface area contributed by atoms with Gasteiger partial charge in [-0.15, -0.1) is 23.1 Å². The van der Waals surface area contributed by atoms with Crippen LogP contribution in [-0.4, -0.2) is 76.8 Å². The highest BCUT2D eigenvalue weighted by atomic mass is 32.2. The molecule has 12 nitrogen and oxygen atoms in total. The Morgan fingerprint density at radius 3 is 2.65 bits per heavy atom. The fourth-order valence-corrected chi connectivity index (χ4v) is 5.85. The number of oxime groups is 1. The van der Waals surface area contributed by atoms with E-state index >= 15 is 0 Å². The van der Waals surface area contributed by atoms with Crippen LogP contribution in [-0.2, 0) is 33.5 Å². The van der Waals surface area contributed by atoms with E-state index in [0.29, 0.717) is 11.3 Å². The molecule has 0 aliphatic carbocycles. The van der Waals surface area contributed by atoms with Crippen LogP contribution in [0.25, 0.3) is 6.08 Å². The summed E-state index contributed by atoms with van der Waals surface area (Å²) in [6, 6.07) is 8.16. The Labute approximate surface area is 238 Å². The lowest BCUT2D eigenvalue weighted by Crippen LogP contribution is -2.71. The Kier molecular flexibility index (Phi) is 9.22. The molecular weight excluding hydrogens is 558 g/mol. The van der Waals surface area contributed by atoms with Crippen molar-refractivity contribution in [2.24, 2.45) is 5.16 Å². The molecule has 1 aromatic heterocycles. The third-order valence-electron chi connectivity index (χ3n) is 5.84. The number of hydrogen-bond donors (Lipinski definition) is 2. The molecule has 0 saturated carbocycles. The van der Waals surface area contributed by atoms with E-state index in [4.69, 9.17) is 20.0 Å². The van der Waals surface area contributed by atoms with E-state index in [1.807, 2.05) is 18.2 Å². The van der Waals surface area contributed by atoms with Crippen LogP contribution in [0, 0.1) is 0 Å². The molecule has 2 aromatic rings. The van der Waals surface area contributed by atoms with Gasteiger partial charge >= 0.3 is 11.9 Å². The molecule has 0 radical (unpaired) electrons. The van der Waals surface area contributed by atoms with Gasteiger partial charge < -0.3 is 25.4 Å². The molecule has 40 heavy (non-hydrogen) atoms. The van der Waals surface area contributed by atoms with E-state index in [0.717, 1.165) is 16.9 Å². The number of nitrogens with zero attached hydrogens (tertiary/aromatic N) is 3. The molecule has 1 saturated heterocycles. The Balaban J connectivity index is 1.46. The number of esters is 2. The van der Waals surface area contributed by atoms with Gasteiger partial charge in [-0.25, -0.2) is 14.6 Å². The topological polar surface area (TPSA) is 163 Å². The van der Waals surface area contributed by atoms with Gasteiger partial charge in [0.25, 0.3) is 11.8 Å². The number of aromatic nitrogens is 1. The average Bonchev–Trinajstić information content (AvgIpc) is 3.38. The predicted molar refractivity (Wildman–Crippen MR) is 150 cm³/mol. The number of fused-ring (bicyclic) bond motifs is 1. The molecule has 0 bridgehead atoms. The van der Waals surface area contributed by atoms with Gasteiger partial charge in [-0.05, 0) is 31.1 Å². The normalized spacial score (nSPS) is 19.0. The summed E-state index contributed by atoms with van der Waals surface area (Å²) in [6.07, 6.45) is 1.58. The van der Waals surface area contributed by atoms with Gasteiger partial charge in [-0.1, -0.05) is 35.5 Å². The second-order valence-corrected chi connectivity index (χ2v) is 10.6. The Morgan fingerprint density at radius 1 is 1.25 bits per heavy atom. The molecule has 4 rings (SSSR count). The van der Waals surface area contributed by atoms with Crippen LogP contribution in [0.15, 0.2) is 57.7 Å². The van der Waals surface area contributed by atoms with Crippen molar-refractivity contribution in [3.8, 4) is 0 Å². The number of nitrogen functional groups attached to an aromatic ring is 1. The van der Waals surface area contributed by atoms with Gasteiger partial charge in [-0.2, -0.15) is 0 Å². The highest BCUT2D eigenvalue weighted by Crippen LogP contribution is 2.40. The number of carbonyl (C=O) groups excluding carboxylic acids is 4. The molecule has 210 valence electrons. The molecule has 0 unspecified atom stereocenters. The summed E-state index contributed by atoms with van der Waals surface area (Å²) >= 11 is 2.52. The number of ether oxygens (including phenoxy) is 2. The van der Waals surface area contributed by atoms with E-state index in [1.54, 1.807) is 37.4 Å². The fourth-order valence-electron chi connectivity index (χ4n) is 4.01. The van der Waals surface area contributed by atoms with E-state index < -0.39 is 35.2 Å². The number of thiazole rings is 1. The lowest BCUT2D eigenvalue weighted by atomic mass is 10.0. The number of carbonyl (C=O) groups is 4. The standard InChI is InChI=1S/C26H27N5O7S2/c1-4-37-24(34)16(10-15-8-6-5-7-9-15)11-38-25(35)20-14(2)12-39-23-19(22(33)31(20)23)29-21(32)18(30-36-3)17-13-40-26(27)28-17/h5-10,13,19,23H,4,11-12H2,1-3H3,(H2,27,28)(H,29,32)/b16-10+,30-18-/t19-,23-/m1/s1. The van der Waals surface area contributed by atoms with Crippen molar-refractivity contribution in [1.29, 1.82) is 0 Å². The van der Waals surface area contributed by atoms with Gasteiger partial charge in [0.05, 0.1) is 12.2 Å². The van der Waals surface area contributed by atoms with Gasteiger partial charge in [0.2, 0.25) is 0 Å². The number of amides is 2. The number of rotatable bonds is 10. The summed E-state index contributed by atoms with van der Waals surface area (Å²) in [5.41, 5.74) is 7.34. The Morgan fingerprint density at radius 2 is 2.00 bits per heavy atom. The minimum atomic E-state index is -0.917. The Hall–Kier alpha value is -4.17. The highest BCUT2D eigenvalue weighted by Gasteiger charge is 2.54. The van der Waals surface area contributed by atoms with Crippen LogP contribution in [0.3, 0.4) is 0 Å². The molecule has 2 amide bonds. The summed E-state index contributed by atoms with van der Waals surface area (Å²) in [6.45, 7) is 3.21. The number of nitrogens with two attached hydrogens (primary N) is 1. The van der Waals surface area contributed by atoms with Crippen LogP contribution in [0.2, 0.25) is 0 Å². The molecule has 3 heterocycles. The highest BCUT2D eigenvalue weighted by molar-refractivity contribution is 8.00. The molecule has 3 N–H and O–H groups in total. The first-order chi connectivity index (χ1) is 19.2. The maximum absolute atomic E-state index is 13.2. The largest absolute Gasteiger partial charge is 0.463 e. The number of hydrogen-bond acceptors (Lipinski definition) is 12. The van der Waals surface area contributed by atoms with Crippen LogP contribution in [0.1, 0.15) is 25.1 Å². The van der Waals surface area contributed by atoms with Crippen molar-refractivity contribution < 1.29 is 33.5 Å². The predicted octanol–water partition coefficient (Wildman–Crippen LogP) is 1.94. The summed E-state index contributed by atoms with van der Waals surface area (Å²) in [5, 5.41) is 7.64. The van der Waals surface area contributed by atoms with E-state index in [2.05, 4.69) is 15.5 Å². The second kappa shape index (κ2) is 12.8. The molecule has 1 fully saturated rings. The third-order valence-corrected chi connectivity index (χ3v) is 7.94. The van der Waals surface area contributed by atoms with E-state index in [9.17, 15) is 19.2 Å². The van der Waals surface area contributed by atoms with Crippen molar-refractivity contribution in [2.45, 2.75) is 25.3 Å². The van der Waals surface area contributed by atoms with Gasteiger partial charge in [0, 0.05) is 11.1 Å². The summed E-state index contributed by atoms with van der Waals surface area (Å²) in [7, 11) is 1.28. The summed E-state index contributed by atoms with van der Waals surface area (Å²) < 4.78 is 10.6. The zero-order chi connectivity index (χ0) is 28.8. The number of thioether (sulfide) groups is 1. The Bertz CT molecular complexity index is 1400. The monoisotopic (exact) mass is 585 g/mol. The van der Waals surface area contributed by atoms with Crippen molar-refractivity contribution in [1.82, 2.24) is 15.2 Å². The van der Waals surface area contributed by atoms with Gasteiger partial charge in [0.1, 0.15) is 36.5 Å². The van der Waals surface area contributed by atoms with Crippen LogP contribution < -0.4 is 11.1 Å². The third kappa shape index (κ3) is 6.18. The first-order valence-corrected chi connectivity index (χ1v) is 14.1. The average molecular weight is 586 g/mol. The van der Waals surface area contributed by atoms with Crippen molar-refractivity contribution in [2.75, 3.05) is 31.8 Å². The minimum Gasteiger partial charge on any atom is -0.463 e. The molecule has 2 atom stereocenters. The summed E-state index contributed by atoms with van der Waals surface area (Å²) in [4.78, 5) is 61.9. The van der Waals surface area contributed by atoms with E-state index in [1.165, 1.54) is 23.8 Å². The maximum Gasteiger partial charge on any atom is 0.355 e. The minimum absolute atomic E-state index is 0.0835. The van der Waals surface area contributed by atoms with Gasteiger partial charge in [0.15, 0.2) is 10.8 Å². The fraction of sp³-hybridized carbons (Fsp3) is 0.308. The SMILES string of the molecule is CCOC(=O)/C(=C/c1ccccc1)COC(=O)C1=C(C)CS[C@@H]2[C@H](NC(=O)/C(=N\OC)c3csc(N)n3)C(=O)N12. The van der Waals surface area contributed by atoms with Crippen molar-refractivity contribution in [3.05, 3.63) is 63.8 Å². The second-order valence-electron chi connectivity index (χ2n) is 8.56. The van der Waals surface area contributed by atoms with Crippen LogP contribution in [0.4, 0.5) is 5.13 Å². The van der Waals surface area contributed by atoms with Gasteiger partial charge in [-0.3, -0.25) is 14.5 Å².